The van der Waals surface area contributed by atoms with Crippen molar-refractivity contribution < 1.29 is 8.42 Å². The fraction of sp³-hybridized carbons (Fsp3) is 0.833. The third kappa shape index (κ3) is 2.97. The van der Waals surface area contributed by atoms with Gasteiger partial charge in [-0.05, 0) is 32.6 Å². The number of hydrogen-bond acceptors (Lipinski definition) is 4. The molecule has 0 aliphatic heterocycles. The van der Waals surface area contributed by atoms with Gasteiger partial charge in [0.15, 0.2) is 0 Å². The Kier molecular flexibility index (Phi) is 3.96. The summed E-state index contributed by atoms with van der Waals surface area (Å²) in [5.41, 5.74) is 0. The van der Waals surface area contributed by atoms with Crippen LogP contribution in [0.4, 0.5) is 0 Å². The van der Waals surface area contributed by atoms with E-state index in [9.17, 15) is 8.42 Å². The normalized spacial score (nSPS) is 24.9. The summed E-state index contributed by atoms with van der Waals surface area (Å²) in [6, 6.07) is -0.0160. The van der Waals surface area contributed by atoms with Crippen LogP contribution in [0.5, 0.6) is 0 Å². The Morgan fingerprint density at radius 2 is 1.79 bits per heavy atom. The molecule has 1 aliphatic rings. The highest BCUT2D eigenvalue weighted by atomic mass is 32.2. The Labute approximate surface area is 114 Å². The van der Waals surface area contributed by atoms with Crippen LogP contribution in [0.25, 0.3) is 0 Å². The SMILES string of the molecule is CC1CCC(c2nnc(S(N)(=O)=O)n2C(C)C)CC1. The zero-order valence-corrected chi connectivity index (χ0v) is 12.5. The summed E-state index contributed by atoms with van der Waals surface area (Å²) < 4.78 is 24.8. The molecule has 1 saturated carbocycles. The summed E-state index contributed by atoms with van der Waals surface area (Å²) in [7, 11) is -3.82. The van der Waals surface area contributed by atoms with Crippen LogP contribution in [0.1, 0.15) is 64.2 Å². The minimum atomic E-state index is -3.82. The molecule has 108 valence electrons. The zero-order chi connectivity index (χ0) is 14.2. The van der Waals surface area contributed by atoms with E-state index < -0.39 is 10.0 Å². The summed E-state index contributed by atoms with van der Waals surface area (Å²) in [5, 5.41) is 13.0. The van der Waals surface area contributed by atoms with Gasteiger partial charge in [-0.15, -0.1) is 10.2 Å². The Morgan fingerprint density at radius 3 is 2.26 bits per heavy atom. The van der Waals surface area contributed by atoms with Gasteiger partial charge in [0.1, 0.15) is 5.82 Å². The summed E-state index contributed by atoms with van der Waals surface area (Å²) in [4.78, 5) is 0. The molecule has 0 bridgehead atoms. The van der Waals surface area contributed by atoms with E-state index in [1.54, 1.807) is 4.57 Å². The zero-order valence-electron chi connectivity index (χ0n) is 11.7. The average molecular weight is 286 g/mol. The molecule has 2 rings (SSSR count). The highest BCUT2D eigenvalue weighted by molar-refractivity contribution is 7.89. The number of primary sulfonamides is 1. The lowest BCUT2D eigenvalue weighted by Gasteiger charge is -2.26. The smallest absolute Gasteiger partial charge is 0.273 e. The highest BCUT2D eigenvalue weighted by Gasteiger charge is 2.29. The summed E-state index contributed by atoms with van der Waals surface area (Å²) in [5.74, 6) is 1.80. The third-order valence-electron chi connectivity index (χ3n) is 3.84. The topological polar surface area (TPSA) is 90.9 Å². The fourth-order valence-corrected chi connectivity index (χ4v) is 3.50. The number of hydrogen-bond donors (Lipinski definition) is 1. The first-order chi connectivity index (χ1) is 8.80. The van der Waals surface area contributed by atoms with Crippen molar-refractivity contribution in [3.8, 4) is 0 Å². The Hall–Kier alpha value is -0.950. The van der Waals surface area contributed by atoms with E-state index in [2.05, 4.69) is 17.1 Å². The van der Waals surface area contributed by atoms with Crippen molar-refractivity contribution in [3.63, 3.8) is 0 Å². The van der Waals surface area contributed by atoms with E-state index in [0.29, 0.717) is 5.92 Å². The van der Waals surface area contributed by atoms with Crippen LogP contribution >= 0.6 is 0 Å². The molecule has 1 fully saturated rings. The number of nitrogens with two attached hydrogens (primary N) is 1. The van der Waals surface area contributed by atoms with Gasteiger partial charge in [0.2, 0.25) is 0 Å². The van der Waals surface area contributed by atoms with Crippen molar-refractivity contribution in [2.75, 3.05) is 0 Å². The number of nitrogens with zero attached hydrogens (tertiary/aromatic N) is 3. The first-order valence-electron chi connectivity index (χ1n) is 6.78. The van der Waals surface area contributed by atoms with Crippen LogP contribution in [-0.2, 0) is 10.0 Å². The van der Waals surface area contributed by atoms with E-state index >= 15 is 0 Å². The first-order valence-corrected chi connectivity index (χ1v) is 8.33. The third-order valence-corrected chi connectivity index (χ3v) is 4.63. The molecule has 0 saturated heterocycles. The maximum atomic E-state index is 11.6. The van der Waals surface area contributed by atoms with Crippen molar-refractivity contribution in [3.05, 3.63) is 5.82 Å². The van der Waals surface area contributed by atoms with Gasteiger partial charge in [0.25, 0.3) is 15.2 Å². The van der Waals surface area contributed by atoms with Crippen molar-refractivity contribution in [1.82, 2.24) is 14.8 Å². The van der Waals surface area contributed by atoms with Gasteiger partial charge in [0.05, 0.1) is 0 Å². The van der Waals surface area contributed by atoms with E-state index in [0.717, 1.165) is 37.4 Å². The molecular formula is C12H22N4O2S. The molecule has 0 aromatic carbocycles. The van der Waals surface area contributed by atoms with Gasteiger partial charge in [0, 0.05) is 12.0 Å². The van der Waals surface area contributed by atoms with Crippen molar-refractivity contribution in [2.24, 2.45) is 11.1 Å². The predicted molar refractivity (Wildman–Crippen MR) is 72.2 cm³/mol. The highest BCUT2D eigenvalue weighted by Crippen LogP contribution is 2.36. The van der Waals surface area contributed by atoms with E-state index in [1.807, 2.05) is 13.8 Å². The molecule has 0 spiro atoms. The maximum Gasteiger partial charge on any atom is 0.273 e. The van der Waals surface area contributed by atoms with Gasteiger partial charge in [-0.25, -0.2) is 13.6 Å². The van der Waals surface area contributed by atoms with Crippen LogP contribution < -0.4 is 5.14 Å². The van der Waals surface area contributed by atoms with Gasteiger partial charge in [-0.3, -0.25) is 4.57 Å². The lowest BCUT2D eigenvalue weighted by Crippen LogP contribution is -2.22. The molecule has 1 heterocycles. The lowest BCUT2D eigenvalue weighted by molar-refractivity contribution is 0.327. The Bertz CT molecular complexity index is 542. The quantitative estimate of drug-likeness (QED) is 0.917. The second-order valence-electron chi connectivity index (χ2n) is 5.81. The number of aromatic nitrogens is 3. The Balaban J connectivity index is 2.39. The second-order valence-corrected chi connectivity index (χ2v) is 7.26. The minimum absolute atomic E-state index is 0.0160. The first kappa shape index (κ1) is 14.5. The van der Waals surface area contributed by atoms with Crippen LogP contribution in [0.2, 0.25) is 0 Å². The van der Waals surface area contributed by atoms with E-state index in [-0.39, 0.29) is 11.2 Å². The average Bonchev–Trinajstić information content (AvgIpc) is 2.74. The molecule has 0 radical (unpaired) electrons. The monoisotopic (exact) mass is 286 g/mol. The second kappa shape index (κ2) is 5.20. The van der Waals surface area contributed by atoms with Crippen LogP contribution in [0.3, 0.4) is 0 Å². The number of rotatable bonds is 3. The van der Waals surface area contributed by atoms with Gasteiger partial charge < -0.3 is 0 Å². The van der Waals surface area contributed by atoms with E-state index in [4.69, 9.17) is 5.14 Å². The lowest BCUT2D eigenvalue weighted by atomic mass is 9.82. The maximum absolute atomic E-state index is 11.6. The van der Waals surface area contributed by atoms with Crippen molar-refractivity contribution in [2.45, 2.75) is 63.6 Å². The van der Waals surface area contributed by atoms with Gasteiger partial charge in [-0.1, -0.05) is 19.8 Å². The molecule has 19 heavy (non-hydrogen) atoms. The Morgan fingerprint density at radius 1 is 1.21 bits per heavy atom. The summed E-state index contributed by atoms with van der Waals surface area (Å²) in [6.07, 6.45) is 4.38. The van der Waals surface area contributed by atoms with E-state index in [1.165, 1.54) is 0 Å². The van der Waals surface area contributed by atoms with Crippen molar-refractivity contribution >= 4 is 10.0 Å². The molecule has 7 heteroatoms. The largest absolute Gasteiger partial charge is 0.298 e. The molecule has 0 atom stereocenters. The van der Waals surface area contributed by atoms with Crippen molar-refractivity contribution in [1.29, 1.82) is 0 Å². The molecule has 1 aromatic rings. The molecular weight excluding hydrogens is 264 g/mol. The molecule has 2 N–H and O–H groups in total. The molecule has 1 aromatic heterocycles. The molecule has 6 nitrogen and oxygen atoms in total. The van der Waals surface area contributed by atoms with Crippen LogP contribution in [0, 0.1) is 5.92 Å². The molecule has 1 aliphatic carbocycles. The predicted octanol–water partition coefficient (Wildman–Crippen LogP) is 1.80. The standard InChI is InChI=1S/C12H22N4O2S/c1-8(2)16-11(10-6-4-9(3)5-7-10)14-15-12(16)19(13,17)18/h8-10H,4-7H2,1-3H3,(H2,13,17,18). The van der Waals surface area contributed by atoms with Crippen LogP contribution in [0.15, 0.2) is 5.16 Å². The number of sulfonamides is 1. The summed E-state index contributed by atoms with van der Waals surface area (Å²) in [6.45, 7) is 6.10. The minimum Gasteiger partial charge on any atom is -0.298 e. The summed E-state index contributed by atoms with van der Waals surface area (Å²) >= 11 is 0. The van der Waals surface area contributed by atoms with Gasteiger partial charge in [-0.2, -0.15) is 0 Å². The fourth-order valence-electron chi connectivity index (χ4n) is 2.76. The molecule has 0 unspecified atom stereocenters. The van der Waals surface area contributed by atoms with Gasteiger partial charge >= 0.3 is 0 Å². The van der Waals surface area contributed by atoms with Crippen LogP contribution in [-0.4, -0.2) is 23.2 Å². The molecule has 0 amide bonds.